The Hall–Kier alpha value is -2.80. The molecule has 27 heavy (non-hydrogen) atoms. The first-order valence-electron chi connectivity index (χ1n) is 8.72. The first-order valence-corrected chi connectivity index (χ1v) is 9.60. The zero-order valence-corrected chi connectivity index (χ0v) is 16.4. The minimum atomic E-state index is -0.315. The number of carbonyl (C=O) groups is 1. The Balaban J connectivity index is 1.70. The van der Waals surface area contributed by atoms with E-state index in [0.29, 0.717) is 0 Å². The van der Waals surface area contributed by atoms with Gasteiger partial charge in [-0.05, 0) is 38.1 Å². The summed E-state index contributed by atoms with van der Waals surface area (Å²) in [6.07, 6.45) is 0. The van der Waals surface area contributed by atoms with Gasteiger partial charge in [0.25, 0.3) is 0 Å². The van der Waals surface area contributed by atoms with Gasteiger partial charge in [-0.2, -0.15) is 0 Å². The monoisotopic (exact) mass is 382 g/mol. The summed E-state index contributed by atoms with van der Waals surface area (Å²) in [6.45, 7) is 4.63. The van der Waals surface area contributed by atoms with Gasteiger partial charge < -0.3 is 14.6 Å². The van der Waals surface area contributed by atoms with E-state index in [0.717, 1.165) is 34.5 Å². The number of nitrogens with zero attached hydrogens (tertiary/aromatic N) is 3. The van der Waals surface area contributed by atoms with Crippen LogP contribution in [0.25, 0.3) is 11.4 Å². The van der Waals surface area contributed by atoms with Crippen LogP contribution in [0.4, 0.5) is 5.69 Å². The highest BCUT2D eigenvalue weighted by molar-refractivity contribution is 8.00. The number of amides is 1. The largest absolute Gasteiger partial charge is 0.497 e. The third-order valence-corrected chi connectivity index (χ3v) is 5.15. The fraction of sp³-hybridized carbons (Fsp3) is 0.250. The zero-order valence-electron chi connectivity index (χ0n) is 15.5. The van der Waals surface area contributed by atoms with Crippen LogP contribution in [0.2, 0.25) is 0 Å². The zero-order chi connectivity index (χ0) is 19.2. The van der Waals surface area contributed by atoms with Crippen molar-refractivity contribution in [1.82, 2.24) is 14.8 Å². The maximum absolute atomic E-state index is 12.5. The molecule has 0 spiro atoms. The Morgan fingerprint density at radius 3 is 2.48 bits per heavy atom. The predicted octanol–water partition coefficient (Wildman–Crippen LogP) is 4.09. The van der Waals surface area contributed by atoms with Gasteiger partial charge in [0, 0.05) is 17.8 Å². The highest BCUT2D eigenvalue weighted by Crippen LogP contribution is 2.27. The van der Waals surface area contributed by atoms with E-state index in [1.807, 2.05) is 73.0 Å². The number of hydrogen-bond donors (Lipinski definition) is 1. The molecule has 1 N–H and O–H groups in total. The lowest BCUT2D eigenvalue weighted by Gasteiger charge is -2.13. The third-order valence-electron chi connectivity index (χ3n) is 4.07. The van der Waals surface area contributed by atoms with Crippen LogP contribution < -0.4 is 10.1 Å². The van der Waals surface area contributed by atoms with Gasteiger partial charge in [0.1, 0.15) is 5.75 Å². The van der Waals surface area contributed by atoms with E-state index in [2.05, 4.69) is 15.5 Å². The normalized spacial score (nSPS) is 11.8. The van der Waals surface area contributed by atoms with Crippen molar-refractivity contribution in [2.75, 3.05) is 12.4 Å². The van der Waals surface area contributed by atoms with Crippen LogP contribution in [0.1, 0.15) is 13.8 Å². The number of nitrogens with one attached hydrogen (secondary N) is 1. The molecule has 1 amide bonds. The smallest absolute Gasteiger partial charge is 0.237 e. The summed E-state index contributed by atoms with van der Waals surface area (Å²) in [6, 6.07) is 17.2. The molecule has 2 aromatic carbocycles. The van der Waals surface area contributed by atoms with Crippen LogP contribution in [-0.2, 0) is 11.3 Å². The van der Waals surface area contributed by atoms with Crippen molar-refractivity contribution < 1.29 is 9.53 Å². The van der Waals surface area contributed by atoms with Crippen LogP contribution in [0.15, 0.2) is 59.8 Å². The fourth-order valence-electron chi connectivity index (χ4n) is 2.59. The van der Waals surface area contributed by atoms with Crippen molar-refractivity contribution in [1.29, 1.82) is 0 Å². The van der Waals surface area contributed by atoms with Gasteiger partial charge in [0.2, 0.25) is 5.91 Å². The van der Waals surface area contributed by atoms with Gasteiger partial charge in [0.15, 0.2) is 11.0 Å². The highest BCUT2D eigenvalue weighted by Gasteiger charge is 2.20. The first-order chi connectivity index (χ1) is 13.1. The first kappa shape index (κ1) is 19.0. The van der Waals surface area contributed by atoms with E-state index in [-0.39, 0.29) is 11.2 Å². The second-order valence-corrected chi connectivity index (χ2v) is 7.20. The molecule has 6 nitrogen and oxygen atoms in total. The molecule has 3 aromatic rings. The van der Waals surface area contributed by atoms with Gasteiger partial charge in [-0.25, -0.2) is 0 Å². The molecule has 0 saturated carbocycles. The van der Waals surface area contributed by atoms with Crippen LogP contribution in [0.5, 0.6) is 5.75 Å². The molecule has 7 heteroatoms. The minimum absolute atomic E-state index is 0.0860. The molecule has 140 valence electrons. The molecule has 1 unspecified atom stereocenters. The molecule has 0 saturated heterocycles. The third kappa shape index (κ3) is 4.49. The minimum Gasteiger partial charge on any atom is -0.497 e. The average molecular weight is 382 g/mol. The van der Waals surface area contributed by atoms with E-state index in [1.54, 1.807) is 7.11 Å². The average Bonchev–Trinajstić information content (AvgIpc) is 3.11. The molecular weight excluding hydrogens is 360 g/mol. The number of benzene rings is 2. The second kappa shape index (κ2) is 8.73. The van der Waals surface area contributed by atoms with Crippen molar-refractivity contribution in [3.05, 3.63) is 54.6 Å². The van der Waals surface area contributed by atoms with E-state index in [4.69, 9.17) is 4.74 Å². The van der Waals surface area contributed by atoms with E-state index in [9.17, 15) is 4.79 Å². The number of rotatable bonds is 7. The molecular formula is C20H22N4O2S. The highest BCUT2D eigenvalue weighted by atomic mass is 32.2. The lowest BCUT2D eigenvalue weighted by Crippen LogP contribution is -2.22. The standard InChI is InChI=1S/C20H22N4O2S/c1-4-24-18(15-8-6-5-7-9-15)22-23-20(24)27-14(2)19(25)21-16-10-12-17(26-3)13-11-16/h5-14H,4H2,1-3H3,(H,21,25). The summed E-state index contributed by atoms with van der Waals surface area (Å²) in [7, 11) is 1.61. The van der Waals surface area contributed by atoms with Crippen LogP contribution in [-0.4, -0.2) is 33.0 Å². The number of ether oxygens (including phenoxy) is 1. The molecule has 3 rings (SSSR count). The lowest BCUT2D eigenvalue weighted by atomic mass is 10.2. The molecule has 0 fully saturated rings. The van der Waals surface area contributed by atoms with E-state index < -0.39 is 0 Å². The topological polar surface area (TPSA) is 69.0 Å². The molecule has 1 atom stereocenters. The summed E-state index contributed by atoms with van der Waals surface area (Å²) in [4.78, 5) is 12.5. The second-order valence-electron chi connectivity index (χ2n) is 5.89. The van der Waals surface area contributed by atoms with Crippen molar-refractivity contribution >= 4 is 23.4 Å². The van der Waals surface area contributed by atoms with Crippen LogP contribution >= 0.6 is 11.8 Å². The van der Waals surface area contributed by atoms with Crippen LogP contribution in [0, 0.1) is 0 Å². The quantitative estimate of drug-likeness (QED) is 0.623. The number of anilines is 1. The predicted molar refractivity (Wildman–Crippen MR) is 108 cm³/mol. The SMILES string of the molecule is CCn1c(SC(C)C(=O)Nc2ccc(OC)cc2)nnc1-c1ccccc1. The van der Waals surface area contributed by atoms with Gasteiger partial charge >= 0.3 is 0 Å². The molecule has 0 bridgehead atoms. The molecule has 0 aliphatic heterocycles. The summed E-state index contributed by atoms with van der Waals surface area (Å²) in [5.74, 6) is 1.47. The van der Waals surface area contributed by atoms with Gasteiger partial charge in [-0.1, -0.05) is 42.1 Å². The Morgan fingerprint density at radius 1 is 1.15 bits per heavy atom. The molecule has 1 heterocycles. The van der Waals surface area contributed by atoms with Crippen molar-refractivity contribution in [3.8, 4) is 17.1 Å². The maximum Gasteiger partial charge on any atom is 0.237 e. The summed E-state index contributed by atoms with van der Waals surface area (Å²) in [5.41, 5.74) is 1.74. The number of carbonyl (C=O) groups excluding carboxylic acids is 1. The Bertz CT molecular complexity index is 894. The number of methoxy groups -OCH3 is 1. The summed E-state index contributed by atoms with van der Waals surface area (Å²) >= 11 is 1.40. The molecule has 0 aliphatic rings. The van der Waals surface area contributed by atoms with E-state index >= 15 is 0 Å². The fourth-order valence-corrected chi connectivity index (χ4v) is 3.50. The number of hydrogen-bond acceptors (Lipinski definition) is 5. The number of thioether (sulfide) groups is 1. The Morgan fingerprint density at radius 2 is 1.85 bits per heavy atom. The number of aromatic nitrogens is 3. The molecule has 0 radical (unpaired) electrons. The maximum atomic E-state index is 12.5. The summed E-state index contributed by atoms with van der Waals surface area (Å²) < 4.78 is 7.16. The van der Waals surface area contributed by atoms with E-state index in [1.165, 1.54) is 11.8 Å². The van der Waals surface area contributed by atoms with Crippen molar-refractivity contribution in [2.24, 2.45) is 0 Å². The Kier molecular flexibility index (Phi) is 6.13. The van der Waals surface area contributed by atoms with Crippen molar-refractivity contribution in [3.63, 3.8) is 0 Å². The summed E-state index contributed by atoms with van der Waals surface area (Å²) in [5, 5.41) is 11.9. The lowest BCUT2D eigenvalue weighted by molar-refractivity contribution is -0.115. The van der Waals surface area contributed by atoms with Gasteiger partial charge in [0.05, 0.1) is 12.4 Å². The molecule has 0 aliphatic carbocycles. The van der Waals surface area contributed by atoms with Crippen molar-refractivity contribution in [2.45, 2.75) is 30.8 Å². The molecule has 1 aromatic heterocycles. The Labute approximate surface area is 163 Å². The van der Waals surface area contributed by atoms with Gasteiger partial charge in [-0.15, -0.1) is 10.2 Å². The van der Waals surface area contributed by atoms with Crippen LogP contribution in [0.3, 0.4) is 0 Å². The van der Waals surface area contributed by atoms with Gasteiger partial charge in [-0.3, -0.25) is 4.79 Å².